The van der Waals surface area contributed by atoms with Crippen molar-refractivity contribution in [1.29, 1.82) is 0 Å². The van der Waals surface area contributed by atoms with Crippen molar-refractivity contribution in [3.05, 3.63) is 87.7 Å². The Morgan fingerprint density at radius 3 is 2.41 bits per heavy atom. The van der Waals surface area contributed by atoms with E-state index in [1.807, 2.05) is 0 Å². The molecule has 0 aliphatic heterocycles. The molecule has 0 radical (unpaired) electrons. The van der Waals surface area contributed by atoms with E-state index >= 15 is 0 Å². The van der Waals surface area contributed by atoms with Crippen LogP contribution in [-0.2, 0) is 6.42 Å². The Morgan fingerprint density at radius 1 is 1.00 bits per heavy atom. The summed E-state index contributed by atoms with van der Waals surface area (Å²) in [5.41, 5.74) is 3.35. The second-order valence-electron chi connectivity index (χ2n) is 6.14. The number of H-pyrrole nitrogens is 1. The maximum atomic E-state index is 13.0. The molecule has 4 aromatic rings. The van der Waals surface area contributed by atoms with Crippen LogP contribution in [0.3, 0.4) is 0 Å². The minimum absolute atomic E-state index is 0.0598. The molecule has 3 aromatic carbocycles. The fourth-order valence-corrected chi connectivity index (χ4v) is 3.49. The highest BCUT2D eigenvalue weighted by Gasteiger charge is 2.14. The summed E-state index contributed by atoms with van der Waals surface area (Å²) in [4.78, 5) is 20.3. The first-order valence-electron chi connectivity index (χ1n) is 8.23. The van der Waals surface area contributed by atoms with Crippen LogP contribution in [0.25, 0.3) is 22.4 Å². The van der Waals surface area contributed by atoms with Crippen LogP contribution in [0.1, 0.15) is 15.9 Å². The van der Waals surface area contributed by atoms with Crippen LogP contribution in [0.2, 0.25) is 10.0 Å². The van der Waals surface area contributed by atoms with Gasteiger partial charge in [-0.05, 0) is 48.0 Å². The zero-order chi connectivity index (χ0) is 19.0. The first-order chi connectivity index (χ1) is 13.0. The van der Waals surface area contributed by atoms with E-state index in [0.29, 0.717) is 38.0 Å². The summed E-state index contributed by atoms with van der Waals surface area (Å²) < 4.78 is 13.0. The Morgan fingerprint density at radius 2 is 1.70 bits per heavy atom. The zero-order valence-corrected chi connectivity index (χ0v) is 15.5. The van der Waals surface area contributed by atoms with Crippen molar-refractivity contribution in [2.24, 2.45) is 0 Å². The van der Waals surface area contributed by atoms with Gasteiger partial charge in [0.15, 0.2) is 5.78 Å². The van der Waals surface area contributed by atoms with Crippen molar-refractivity contribution >= 4 is 40.0 Å². The molecule has 3 nitrogen and oxygen atoms in total. The van der Waals surface area contributed by atoms with Crippen molar-refractivity contribution in [2.75, 3.05) is 0 Å². The summed E-state index contributed by atoms with van der Waals surface area (Å²) in [7, 11) is 0. The monoisotopic (exact) mass is 398 g/mol. The average molecular weight is 399 g/mol. The van der Waals surface area contributed by atoms with Crippen LogP contribution < -0.4 is 0 Å². The number of hydrogen-bond acceptors (Lipinski definition) is 2. The number of imidazole rings is 1. The molecule has 134 valence electrons. The van der Waals surface area contributed by atoms with Gasteiger partial charge in [-0.25, -0.2) is 9.37 Å². The molecule has 1 aromatic heterocycles. The molecule has 1 heterocycles. The summed E-state index contributed by atoms with van der Waals surface area (Å²) in [5.74, 6) is 0.162. The van der Waals surface area contributed by atoms with Crippen LogP contribution >= 0.6 is 23.2 Å². The highest BCUT2D eigenvalue weighted by molar-refractivity contribution is 6.39. The van der Waals surface area contributed by atoms with Crippen molar-refractivity contribution in [3.63, 3.8) is 0 Å². The molecule has 0 saturated heterocycles. The molecule has 4 rings (SSSR count). The van der Waals surface area contributed by atoms with Crippen LogP contribution in [0.15, 0.2) is 60.7 Å². The molecule has 0 aliphatic rings. The van der Waals surface area contributed by atoms with Crippen LogP contribution in [0.4, 0.5) is 4.39 Å². The van der Waals surface area contributed by atoms with Gasteiger partial charge in [0.2, 0.25) is 0 Å². The largest absolute Gasteiger partial charge is 0.338 e. The van der Waals surface area contributed by atoms with E-state index in [9.17, 15) is 9.18 Å². The van der Waals surface area contributed by atoms with Crippen LogP contribution in [0.5, 0.6) is 0 Å². The SMILES string of the molecule is O=C(Cc1ccc(F)cc1)c1ccc2nc(-c3c(Cl)cccc3Cl)[nH]c2c1. The number of nitrogens with one attached hydrogen (secondary N) is 1. The molecule has 1 N–H and O–H groups in total. The van der Waals surface area contributed by atoms with Crippen LogP contribution in [0, 0.1) is 5.82 Å². The van der Waals surface area contributed by atoms with Gasteiger partial charge in [0.05, 0.1) is 26.6 Å². The summed E-state index contributed by atoms with van der Waals surface area (Å²) in [5, 5.41) is 0.989. The molecule has 6 heteroatoms. The lowest BCUT2D eigenvalue weighted by Crippen LogP contribution is -2.03. The summed E-state index contributed by atoms with van der Waals surface area (Å²) >= 11 is 12.5. The smallest absolute Gasteiger partial charge is 0.167 e. The highest BCUT2D eigenvalue weighted by Crippen LogP contribution is 2.33. The lowest BCUT2D eigenvalue weighted by atomic mass is 10.0. The molecular formula is C21H13Cl2FN2O. The number of ketones is 1. The topological polar surface area (TPSA) is 45.8 Å². The van der Waals surface area contributed by atoms with Crippen molar-refractivity contribution in [2.45, 2.75) is 6.42 Å². The number of benzene rings is 3. The minimum Gasteiger partial charge on any atom is -0.338 e. The van der Waals surface area contributed by atoms with Crippen molar-refractivity contribution < 1.29 is 9.18 Å². The van der Waals surface area contributed by atoms with Gasteiger partial charge in [0.25, 0.3) is 0 Å². The Bertz CT molecular complexity index is 1130. The molecule has 0 saturated carbocycles. The normalized spacial score (nSPS) is 11.1. The molecule has 27 heavy (non-hydrogen) atoms. The number of halogens is 3. The number of nitrogens with zero attached hydrogens (tertiary/aromatic N) is 1. The van der Waals surface area contributed by atoms with E-state index in [0.717, 1.165) is 5.56 Å². The molecule has 0 spiro atoms. The third-order valence-electron chi connectivity index (χ3n) is 4.28. The number of carbonyl (C=O) groups is 1. The summed E-state index contributed by atoms with van der Waals surface area (Å²) in [6, 6.07) is 16.4. The third kappa shape index (κ3) is 3.59. The number of carbonyl (C=O) groups excluding carboxylic acids is 1. The first-order valence-corrected chi connectivity index (χ1v) is 8.98. The molecule has 0 bridgehead atoms. The van der Waals surface area contributed by atoms with Gasteiger partial charge in [-0.15, -0.1) is 0 Å². The van der Waals surface area contributed by atoms with Crippen molar-refractivity contribution in [3.8, 4) is 11.4 Å². The number of hydrogen-bond donors (Lipinski definition) is 1. The van der Waals surface area contributed by atoms with Gasteiger partial charge in [-0.2, -0.15) is 0 Å². The van der Waals surface area contributed by atoms with E-state index in [1.165, 1.54) is 12.1 Å². The molecule has 0 amide bonds. The number of aromatic amines is 1. The summed E-state index contributed by atoms with van der Waals surface area (Å²) in [6.45, 7) is 0. The van der Waals surface area contributed by atoms with Crippen molar-refractivity contribution in [1.82, 2.24) is 9.97 Å². The fraction of sp³-hybridized carbons (Fsp3) is 0.0476. The molecule has 0 fully saturated rings. The lowest BCUT2D eigenvalue weighted by molar-refractivity contribution is 0.0993. The average Bonchev–Trinajstić information content (AvgIpc) is 3.06. The standard InChI is InChI=1S/C21H13Cl2FN2O/c22-15-2-1-3-16(23)20(15)21-25-17-9-6-13(11-18(17)26-21)19(27)10-12-4-7-14(24)8-5-12/h1-9,11H,10H2,(H,25,26). The number of aromatic nitrogens is 2. The molecule has 0 atom stereocenters. The fourth-order valence-electron chi connectivity index (χ4n) is 2.92. The van der Waals surface area contributed by atoms with Gasteiger partial charge in [0.1, 0.15) is 11.6 Å². The molecule has 0 aliphatic carbocycles. The Kier molecular flexibility index (Phi) is 4.68. The van der Waals surface area contributed by atoms with Gasteiger partial charge in [0, 0.05) is 12.0 Å². The van der Waals surface area contributed by atoms with E-state index in [1.54, 1.807) is 48.5 Å². The van der Waals surface area contributed by atoms with E-state index in [2.05, 4.69) is 9.97 Å². The Labute approximate surface area is 164 Å². The van der Waals surface area contributed by atoms with Gasteiger partial charge < -0.3 is 4.98 Å². The Balaban J connectivity index is 1.66. The maximum Gasteiger partial charge on any atom is 0.167 e. The quantitative estimate of drug-likeness (QED) is 0.422. The molecular weight excluding hydrogens is 386 g/mol. The summed E-state index contributed by atoms with van der Waals surface area (Å²) in [6.07, 6.45) is 0.198. The van der Waals surface area contributed by atoms with E-state index in [4.69, 9.17) is 23.2 Å². The predicted molar refractivity (Wildman–Crippen MR) is 106 cm³/mol. The lowest BCUT2D eigenvalue weighted by Gasteiger charge is -2.02. The molecule has 0 unspecified atom stereocenters. The maximum absolute atomic E-state index is 13.0. The second-order valence-corrected chi connectivity index (χ2v) is 6.95. The highest BCUT2D eigenvalue weighted by atomic mass is 35.5. The van der Waals surface area contributed by atoms with Crippen LogP contribution in [-0.4, -0.2) is 15.8 Å². The van der Waals surface area contributed by atoms with Gasteiger partial charge in [-0.3, -0.25) is 4.79 Å². The van der Waals surface area contributed by atoms with E-state index in [-0.39, 0.29) is 18.0 Å². The number of fused-ring (bicyclic) bond motifs is 1. The minimum atomic E-state index is -0.323. The second kappa shape index (κ2) is 7.14. The van der Waals surface area contributed by atoms with Gasteiger partial charge >= 0.3 is 0 Å². The number of rotatable bonds is 4. The third-order valence-corrected chi connectivity index (χ3v) is 4.91. The Hall–Kier alpha value is -2.69. The van der Waals surface area contributed by atoms with E-state index < -0.39 is 0 Å². The van der Waals surface area contributed by atoms with Gasteiger partial charge in [-0.1, -0.05) is 41.4 Å². The number of Topliss-reactive ketones (excluding diaryl/α,β-unsaturated/α-hetero) is 1. The predicted octanol–water partition coefficient (Wildman–Crippen LogP) is 6.10. The first kappa shape index (κ1) is 17.7. The zero-order valence-electron chi connectivity index (χ0n) is 14.0.